The van der Waals surface area contributed by atoms with E-state index in [0.29, 0.717) is 6.42 Å². The zero-order valence-electron chi connectivity index (χ0n) is 9.21. The molecule has 0 heterocycles. The van der Waals surface area contributed by atoms with Crippen molar-refractivity contribution in [3.05, 3.63) is 34.9 Å². The molecule has 1 aromatic carbocycles. The Morgan fingerprint density at radius 1 is 1.31 bits per heavy atom. The molecular weight excluding hydrogens is 240 g/mol. The van der Waals surface area contributed by atoms with Gasteiger partial charge in [0.25, 0.3) is 0 Å². The van der Waals surface area contributed by atoms with Gasteiger partial charge in [-0.15, -0.1) is 0 Å². The maximum atomic E-state index is 7.09. The molecule has 0 unspecified atom stereocenters. The summed E-state index contributed by atoms with van der Waals surface area (Å²) in [5.41, 5.74) is 6.47. The van der Waals surface area contributed by atoms with Crippen LogP contribution in [0.4, 0.5) is 0 Å². The van der Waals surface area contributed by atoms with Crippen LogP contribution in [0.25, 0.3) is 0 Å². The Kier molecular flexibility index (Phi) is 6.34. The van der Waals surface area contributed by atoms with Gasteiger partial charge in [0.15, 0.2) is 0 Å². The fourth-order valence-corrected chi connectivity index (χ4v) is 2.62. The van der Waals surface area contributed by atoms with Gasteiger partial charge in [-0.3, -0.25) is 5.41 Å². The fraction of sp³-hybridized carbons (Fsp3) is 0.417. The number of thioether (sulfide) groups is 1. The molecule has 0 amide bonds. The van der Waals surface area contributed by atoms with Crippen molar-refractivity contribution in [3.63, 3.8) is 0 Å². The van der Waals surface area contributed by atoms with Gasteiger partial charge in [0.2, 0.25) is 0 Å². The van der Waals surface area contributed by atoms with Crippen LogP contribution in [0, 0.1) is 5.41 Å². The van der Waals surface area contributed by atoms with E-state index in [0.717, 1.165) is 29.4 Å². The summed E-state index contributed by atoms with van der Waals surface area (Å²) in [6.07, 6.45) is 2.83. The first-order chi connectivity index (χ1) is 7.70. The average Bonchev–Trinajstić information content (AvgIpc) is 2.25. The second kappa shape index (κ2) is 7.58. The molecule has 0 aromatic heterocycles. The van der Waals surface area contributed by atoms with Gasteiger partial charge in [-0.05, 0) is 30.2 Å². The monoisotopic (exact) mass is 256 g/mol. The predicted octanol–water partition coefficient (Wildman–Crippen LogP) is 3.68. The SMILES string of the molecule is N=C(N)CCCCSCc1ccccc1Cl. The summed E-state index contributed by atoms with van der Waals surface area (Å²) < 4.78 is 0. The van der Waals surface area contributed by atoms with Crippen molar-refractivity contribution in [1.82, 2.24) is 0 Å². The first kappa shape index (κ1) is 13.4. The Balaban J connectivity index is 2.12. The Morgan fingerprint density at radius 3 is 2.75 bits per heavy atom. The van der Waals surface area contributed by atoms with Crippen molar-refractivity contribution in [2.24, 2.45) is 5.73 Å². The van der Waals surface area contributed by atoms with E-state index in [9.17, 15) is 0 Å². The maximum absolute atomic E-state index is 7.09. The van der Waals surface area contributed by atoms with Crippen molar-refractivity contribution in [1.29, 1.82) is 5.41 Å². The molecule has 0 bridgehead atoms. The minimum absolute atomic E-state index is 0.288. The van der Waals surface area contributed by atoms with Crippen LogP contribution >= 0.6 is 23.4 Å². The second-order valence-corrected chi connectivity index (χ2v) is 5.14. The highest BCUT2D eigenvalue weighted by atomic mass is 35.5. The summed E-state index contributed by atoms with van der Waals surface area (Å²) in [6.45, 7) is 0. The van der Waals surface area contributed by atoms with Gasteiger partial charge in [-0.25, -0.2) is 0 Å². The van der Waals surface area contributed by atoms with Crippen LogP contribution in [0.2, 0.25) is 5.02 Å². The van der Waals surface area contributed by atoms with Crippen LogP contribution < -0.4 is 5.73 Å². The van der Waals surface area contributed by atoms with Crippen LogP contribution in [0.5, 0.6) is 0 Å². The van der Waals surface area contributed by atoms with E-state index in [1.807, 2.05) is 30.0 Å². The Labute approximate surface area is 106 Å². The average molecular weight is 257 g/mol. The Hall–Kier alpha value is -0.670. The molecule has 0 fully saturated rings. The molecule has 0 aliphatic carbocycles. The van der Waals surface area contributed by atoms with Crippen LogP contribution in [0.15, 0.2) is 24.3 Å². The number of benzene rings is 1. The number of amidine groups is 1. The normalized spacial score (nSPS) is 10.3. The highest BCUT2D eigenvalue weighted by molar-refractivity contribution is 7.98. The number of unbranched alkanes of at least 4 members (excludes halogenated alkanes) is 1. The van der Waals surface area contributed by atoms with Gasteiger partial charge in [0.1, 0.15) is 0 Å². The van der Waals surface area contributed by atoms with Crippen LogP contribution in [0.3, 0.4) is 0 Å². The number of nitrogens with one attached hydrogen (secondary N) is 1. The highest BCUT2D eigenvalue weighted by Crippen LogP contribution is 2.21. The molecule has 4 heteroatoms. The van der Waals surface area contributed by atoms with Gasteiger partial charge >= 0.3 is 0 Å². The second-order valence-electron chi connectivity index (χ2n) is 3.63. The number of nitrogens with two attached hydrogens (primary N) is 1. The van der Waals surface area contributed by atoms with Crippen molar-refractivity contribution < 1.29 is 0 Å². The van der Waals surface area contributed by atoms with Crippen molar-refractivity contribution in [2.45, 2.75) is 25.0 Å². The van der Waals surface area contributed by atoms with E-state index in [2.05, 4.69) is 6.07 Å². The van der Waals surface area contributed by atoms with Gasteiger partial charge < -0.3 is 5.73 Å². The molecule has 0 aliphatic rings. The number of halogens is 1. The standard InChI is InChI=1S/C12H17ClN2S/c13-11-6-2-1-5-10(11)9-16-8-4-3-7-12(14)15/h1-2,5-6H,3-4,7-9H2,(H3,14,15). The van der Waals surface area contributed by atoms with Gasteiger partial charge in [-0.1, -0.05) is 29.8 Å². The molecule has 1 rings (SSSR count). The van der Waals surface area contributed by atoms with Crippen LogP contribution in [0.1, 0.15) is 24.8 Å². The number of hydrogen-bond acceptors (Lipinski definition) is 2. The molecule has 0 spiro atoms. The smallest absolute Gasteiger partial charge is 0.0905 e. The third-order valence-electron chi connectivity index (χ3n) is 2.20. The molecule has 0 saturated carbocycles. The summed E-state index contributed by atoms with van der Waals surface area (Å²) >= 11 is 7.92. The summed E-state index contributed by atoms with van der Waals surface area (Å²) in [5, 5.41) is 7.94. The molecule has 16 heavy (non-hydrogen) atoms. The molecule has 88 valence electrons. The lowest BCUT2D eigenvalue weighted by Crippen LogP contribution is -2.08. The van der Waals surface area contributed by atoms with E-state index in [4.69, 9.17) is 22.7 Å². The third kappa shape index (κ3) is 5.42. The summed E-state index contributed by atoms with van der Waals surface area (Å²) in [6, 6.07) is 7.94. The van der Waals surface area contributed by atoms with Crippen molar-refractivity contribution >= 4 is 29.2 Å². The Bertz CT molecular complexity index is 342. The quantitative estimate of drug-likeness (QED) is 0.444. The number of rotatable bonds is 7. The highest BCUT2D eigenvalue weighted by Gasteiger charge is 1.98. The third-order valence-corrected chi connectivity index (χ3v) is 3.66. The van der Waals surface area contributed by atoms with E-state index >= 15 is 0 Å². The molecule has 2 nitrogen and oxygen atoms in total. The lowest BCUT2D eigenvalue weighted by Gasteiger charge is -2.03. The van der Waals surface area contributed by atoms with E-state index in [-0.39, 0.29) is 5.84 Å². The molecular formula is C12H17ClN2S. The van der Waals surface area contributed by atoms with E-state index in [1.54, 1.807) is 0 Å². The van der Waals surface area contributed by atoms with Gasteiger partial charge in [0.05, 0.1) is 5.84 Å². The molecule has 0 saturated heterocycles. The molecule has 0 radical (unpaired) electrons. The van der Waals surface area contributed by atoms with Crippen LogP contribution in [-0.2, 0) is 5.75 Å². The minimum Gasteiger partial charge on any atom is -0.388 e. The number of hydrogen-bond donors (Lipinski definition) is 2. The van der Waals surface area contributed by atoms with Gasteiger partial charge in [0, 0.05) is 17.2 Å². The summed E-state index contributed by atoms with van der Waals surface area (Å²) in [5.74, 6) is 2.34. The zero-order valence-corrected chi connectivity index (χ0v) is 10.8. The van der Waals surface area contributed by atoms with Crippen molar-refractivity contribution in [2.75, 3.05) is 5.75 Å². The zero-order chi connectivity index (χ0) is 11.8. The molecule has 0 aliphatic heterocycles. The maximum Gasteiger partial charge on any atom is 0.0905 e. The molecule has 3 N–H and O–H groups in total. The summed E-state index contributed by atoms with van der Waals surface area (Å²) in [4.78, 5) is 0. The largest absolute Gasteiger partial charge is 0.388 e. The van der Waals surface area contributed by atoms with Gasteiger partial charge in [-0.2, -0.15) is 11.8 Å². The lowest BCUT2D eigenvalue weighted by molar-refractivity contribution is 0.836. The van der Waals surface area contributed by atoms with Crippen LogP contribution in [-0.4, -0.2) is 11.6 Å². The molecule has 0 atom stereocenters. The first-order valence-electron chi connectivity index (χ1n) is 5.34. The Morgan fingerprint density at radius 2 is 2.06 bits per heavy atom. The predicted molar refractivity (Wildman–Crippen MR) is 73.4 cm³/mol. The topological polar surface area (TPSA) is 49.9 Å². The van der Waals surface area contributed by atoms with Crippen molar-refractivity contribution in [3.8, 4) is 0 Å². The summed E-state index contributed by atoms with van der Waals surface area (Å²) in [7, 11) is 0. The lowest BCUT2D eigenvalue weighted by atomic mass is 10.2. The first-order valence-corrected chi connectivity index (χ1v) is 6.87. The van der Waals surface area contributed by atoms with E-state index < -0.39 is 0 Å². The minimum atomic E-state index is 0.288. The van der Waals surface area contributed by atoms with E-state index in [1.165, 1.54) is 5.56 Å². The molecule has 1 aromatic rings. The fourth-order valence-electron chi connectivity index (χ4n) is 1.32.